The second-order valence-electron chi connectivity index (χ2n) is 11.4. The summed E-state index contributed by atoms with van der Waals surface area (Å²) in [6, 6.07) is 19.9. The maximum Gasteiger partial charge on any atom is 0.295 e. The number of hydrogen-bond donors (Lipinski definition) is 1. The minimum atomic E-state index is -0.728. The summed E-state index contributed by atoms with van der Waals surface area (Å²) in [4.78, 5) is 28.4. The van der Waals surface area contributed by atoms with Crippen molar-refractivity contribution in [2.45, 2.75) is 54.1 Å². The highest BCUT2D eigenvalue weighted by Crippen LogP contribution is 2.41. The highest BCUT2D eigenvalue weighted by atomic mass is 16.5. The number of amides is 1. The third-order valence-corrected chi connectivity index (χ3v) is 6.78. The zero-order valence-corrected chi connectivity index (χ0v) is 24.2. The lowest BCUT2D eigenvalue weighted by Crippen LogP contribution is -2.29. The molecule has 210 valence electrons. The first-order chi connectivity index (χ1) is 19.0. The van der Waals surface area contributed by atoms with Crippen LogP contribution >= 0.6 is 0 Å². The van der Waals surface area contributed by atoms with Gasteiger partial charge in [-0.25, -0.2) is 0 Å². The van der Waals surface area contributed by atoms with Gasteiger partial charge in [0, 0.05) is 12.1 Å². The SMILES string of the molecule is Cc1cccc(C2/C(=C(/O)c3ccc(OCC(C)C)c(C)c3)C(=O)C(=O)N2Cc2ccc(OCC(C)C)cc2)c1. The van der Waals surface area contributed by atoms with Crippen LogP contribution in [0.3, 0.4) is 0 Å². The smallest absolute Gasteiger partial charge is 0.295 e. The average molecular weight is 542 g/mol. The number of aliphatic hydroxyl groups is 1. The minimum absolute atomic E-state index is 0.0859. The average Bonchev–Trinajstić information content (AvgIpc) is 3.16. The van der Waals surface area contributed by atoms with E-state index in [0.29, 0.717) is 30.6 Å². The van der Waals surface area contributed by atoms with Crippen LogP contribution in [-0.4, -0.2) is 34.9 Å². The molecule has 0 spiro atoms. The van der Waals surface area contributed by atoms with Crippen molar-refractivity contribution in [3.05, 3.63) is 100 Å². The van der Waals surface area contributed by atoms with E-state index in [9.17, 15) is 14.7 Å². The highest BCUT2D eigenvalue weighted by Gasteiger charge is 2.46. The summed E-state index contributed by atoms with van der Waals surface area (Å²) in [6.07, 6.45) is 0. The van der Waals surface area contributed by atoms with Gasteiger partial charge in [-0.15, -0.1) is 0 Å². The largest absolute Gasteiger partial charge is 0.507 e. The first-order valence-electron chi connectivity index (χ1n) is 13.9. The van der Waals surface area contributed by atoms with E-state index < -0.39 is 17.7 Å². The van der Waals surface area contributed by atoms with Crippen molar-refractivity contribution in [2.24, 2.45) is 11.8 Å². The lowest BCUT2D eigenvalue weighted by Gasteiger charge is -2.26. The normalized spacial score (nSPS) is 16.7. The second kappa shape index (κ2) is 12.4. The van der Waals surface area contributed by atoms with Gasteiger partial charge in [-0.3, -0.25) is 9.59 Å². The van der Waals surface area contributed by atoms with Crippen LogP contribution in [0.5, 0.6) is 11.5 Å². The Morgan fingerprint density at radius 1 is 0.875 bits per heavy atom. The molecule has 0 aliphatic carbocycles. The number of carbonyl (C=O) groups excluding carboxylic acids is 2. The van der Waals surface area contributed by atoms with Gasteiger partial charge in [-0.05, 0) is 72.7 Å². The number of hydrogen-bond acceptors (Lipinski definition) is 5. The van der Waals surface area contributed by atoms with Crippen LogP contribution in [0.25, 0.3) is 5.76 Å². The summed E-state index contributed by atoms with van der Waals surface area (Å²) in [5, 5.41) is 11.5. The molecule has 6 nitrogen and oxygen atoms in total. The zero-order valence-electron chi connectivity index (χ0n) is 24.2. The van der Waals surface area contributed by atoms with Crippen LogP contribution in [0.2, 0.25) is 0 Å². The van der Waals surface area contributed by atoms with E-state index in [0.717, 1.165) is 33.8 Å². The highest BCUT2D eigenvalue weighted by molar-refractivity contribution is 6.46. The number of aryl methyl sites for hydroxylation is 2. The van der Waals surface area contributed by atoms with Crippen molar-refractivity contribution >= 4 is 17.4 Å². The van der Waals surface area contributed by atoms with Gasteiger partial charge in [0.05, 0.1) is 24.8 Å². The minimum Gasteiger partial charge on any atom is -0.507 e. The Kier molecular flexibility index (Phi) is 8.98. The quantitative estimate of drug-likeness (QED) is 0.170. The van der Waals surface area contributed by atoms with E-state index in [1.807, 2.05) is 62.4 Å². The molecule has 1 unspecified atom stereocenters. The number of carbonyl (C=O) groups is 2. The monoisotopic (exact) mass is 541 g/mol. The Labute approximate surface area is 237 Å². The standard InChI is InChI=1S/C34H39NO5/c1-21(2)19-39-28-13-10-25(11-14-28)18-35-31(26-9-7-8-23(5)16-26)30(33(37)34(35)38)32(36)27-12-15-29(24(6)17-27)40-20-22(3)4/h7-17,21-22,31,36H,18-20H2,1-6H3/b32-30-. The zero-order chi connectivity index (χ0) is 29.0. The Bertz CT molecular complexity index is 1400. The maximum atomic E-state index is 13.5. The molecular weight excluding hydrogens is 502 g/mol. The van der Waals surface area contributed by atoms with E-state index >= 15 is 0 Å². The third kappa shape index (κ3) is 6.56. The lowest BCUT2D eigenvalue weighted by atomic mass is 9.94. The Balaban J connectivity index is 1.71. The van der Waals surface area contributed by atoms with E-state index in [4.69, 9.17) is 9.47 Å². The van der Waals surface area contributed by atoms with E-state index in [-0.39, 0.29) is 17.9 Å². The number of rotatable bonds is 10. The van der Waals surface area contributed by atoms with Crippen molar-refractivity contribution in [2.75, 3.05) is 13.2 Å². The molecule has 0 radical (unpaired) electrons. The van der Waals surface area contributed by atoms with Crippen LogP contribution in [0.15, 0.2) is 72.3 Å². The molecule has 3 aromatic carbocycles. The van der Waals surface area contributed by atoms with Crippen LogP contribution in [0.4, 0.5) is 0 Å². The predicted octanol–water partition coefficient (Wildman–Crippen LogP) is 6.99. The lowest BCUT2D eigenvalue weighted by molar-refractivity contribution is -0.140. The van der Waals surface area contributed by atoms with Gasteiger partial charge in [0.15, 0.2) is 0 Å². The summed E-state index contributed by atoms with van der Waals surface area (Å²) in [5.74, 6) is 0.742. The topological polar surface area (TPSA) is 76.1 Å². The molecule has 1 amide bonds. The van der Waals surface area contributed by atoms with Gasteiger partial charge >= 0.3 is 0 Å². The fraction of sp³-hybridized carbons (Fsp3) is 0.353. The second-order valence-corrected chi connectivity index (χ2v) is 11.4. The third-order valence-electron chi connectivity index (χ3n) is 6.78. The number of ether oxygens (including phenoxy) is 2. The Morgan fingerprint density at radius 2 is 1.55 bits per heavy atom. The van der Waals surface area contributed by atoms with Crippen molar-refractivity contribution < 1.29 is 24.2 Å². The van der Waals surface area contributed by atoms with E-state index in [1.54, 1.807) is 23.1 Å². The van der Waals surface area contributed by atoms with Gasteiger partial charge in [-0.1, -0.05) is 69.7 Å². The van der Waals surface area contributed by atoms with Crippen LogP contribution < -0.4 is 9.47 Å². The summed E-state index contributed by atoms with van der Waals surface area (Å²) < 4.78 is 11.7. The molecule has 1 aliphatic heterocycles. The summed E-state index contributed by atoms with van der Waals surface area (Å²) >= 11 is 0. The molecule has 1 N–H and O–H groups in total. The molecule has 4 rings (SSSR count). The molecular formula is C34H39NO5. The van der Waals surface area contributed by atoms with Crippen LogP contribution in [0, 0.1) is 25.7 Å². The van der Waals surface area contributed by atoms with Crippen molar-refractivity contribution in [3.63, 3.8) is 0 Å². The number of likely N-dealkylation sites (tertiary alicyclic amines) is 1. The van der Waals surface area contributed by atoms with E-state index in [2.05, 4.69) is 27.7 Å². The summed E-state index contributed by atoms with van der Waals surface area (Å²) in [6.45, 7) is 13.6. The fourth-order valence-corrected chi connectivity index (χ4v) is 4.75. The predicted molar refractivity (Wildman–Crippen MR) is 157 cm³/mol. The molecule has 0 saturated carbocycles. The molecule has 3 aromatic rings. The molecule has 0 aromatic heterocycles. The number of aliphatic hydroxyl groups excluding tert-OH is 1. The van der Waals surface area contributed by atoms with Gasteiger partial charge in [-0.2, -0.15) is 0 Å². The van der Waals surface area contributed by atoms with Gasteiger partial charge in [0.25, 0.3) is 11.7 Å². The van der Waals surface area contributed by atoms with Gasteiger partial charge in [0.1, 0.15) is 17.3 Å². The summed E-state index contributed by atoms with van der Waals surface area (Å²) in [5.41, 5.74) is 4.02. The number of ketones is 1. The van der Waals surface area contributed by atoms with Crippen molar-refractivity contribution in [1.29, 1.82) is 0 Å². The number of benzene rings is 3. The van der Waals surface area contributed by atoms with Crippen LogP contribution in [0.1, 0.15) is 61.6 Å². The first-order valence-corrected chi connectivity index (χ1v) is 13.9. The van der Waals surface area contributed by atoms with E-state index in [1.165, 1.54) is 0 Å². The molecule has 1 atom stereocenters. The van der Waals surface area contributed by atoms with Crippen molar-refractivity contribution in [3.8, 4) is 11.5 Å². The first kappa shape index (κ1) is 28.9. The Morgan fingerprint density at radius 3 is 2.17 bits per heavy atom. The number of Topliss-reactive ketones (excluding diaryl/α,β-unsaturated/α-hetero) is 1. The van der Waals surface area contributed by atoms with Crippen molar-refractivity contribution in [1.82, 2.24) is 4.90 Å². The maximum absolute atomic E-state index is 13.5. The molecule has 6 heteroatoms. The van der Waals surface area contributed by atoms with Crippen LogP contribution in [-0.2, 0) is 16.1 Å². The molecule has 1 saturated heterocycles. The number of nitrogens with zero attached hydrogens (tertiary/aromatic N) is 1. The molecule has 1 aliphatic rings. The molecule has 0 bridgehead atoms. The van der Waals surface area contributed by atoms with Gasteiger partial charge < -0.3 is 19.5 Å². The summed E-state index contributed by atoms with van der Waals surface area (Å²) in [7, 11) is 0. The fourth-order valence-electron chi connectivity index (χ4n) is 4.75. The Hall–Kier alpha value is -4.06. The molecule has 40 heavy (non-hydrogen) atoms. The molecule has 1 heterocycles. The molecule has 1 fully saturated rings. The van der Waals surface area contributed by atoms with Gasteiger partial charge in [0.2, 0.25) is 0 Å².